The normalized spacial score (nSPS) is 39.5. The van der Waals surface area contributed by atoms with Crippen LogP contribution in [0, 0.1) is 58.2 Å². The summed E-state index contributed by atoms with van der Waals surface area (Å²) in [6, 6.07) is 12.9. The molecule has 23 rings (SSSR count). The van der Waals surface area contributed by atoms with Crippen molar-refractivity contribution in [2.45, 2.75) is 200 Å². The molecule has 6 fully saturated rings. The molecule has 18 nitrogen and oxygen atoms in total. The SMILES string of the molecule is Cc1cc(O)c2c(c1)C(=O)c1c(c3cc4c(nccc14)NCC(O)C14CCC5C#CCC67C=Cc8c([nH]c(c8C51)C1=CC5(O3)OC3(C1=C4CC1(CCC4(CCCC4)C1)C3O)C(O)C(O)C5O)C61c3[nH]cnc3C3(CCC(=O)CC3Cc3ccc4c(c3)CCNC4N)CC1CCC7)C2=O. The van der Waals surface area contributed by atoms with Crippen molar-refractivity contribution in [1.29, 1.82) is 0 Å². The van der Waals surface area contributed by atoms with E-state index >= 15 is 9.59 Å². The lowest BCUT2D eigenvalue weighted by Crippen LogP contribution is -2.79. The first-order valence-corrected chi connectivity index (χ1v) is 36.3. The number of aliphatic hydroxyl groups excluding tert-OH is 5. The number of ether oxygens (including phenoxy) is 2. The fraction of sp³-hybridized carbons (Fsp3) is 0.512. The standard InChI is InChI=1S/C80H81N7O11/c1-38-26-49-55(52(89)27-38)63(92)58-53-31-48-46(56(58)62(49)91)14-25-83-71(48)84-35-54(90)77-21-10-40-6-4-17-75-18-5-7-42-32-76(20-11-44(88)30-43(76)29-39-8-9-45-41(28-39)13-24-82-70(45)81)66-67(86-37-85-66)79(42,75)65-47(12-19-75)57(59(40)77)61(87-65)50-33-78(97-53)68(94)64(93)69(95)80(98-78)60(50)51(77)34-74(72(80)96)23-22-73(36-74)15-2-3-16-73/h8-9,12,14,19,25-28,31,33,37,40,42-43,54,59,64,68-70,72,82,87,89-90,93-96H,2-3,5,7,10-11,13,15-18,20-24,29-30,32,34-36,81H2,1H3,(H,83,84)(H,85,86). The number of anilines is 1. The summed E-state index contributed by atoms with van der Waals surface area (Å²) in [6.45, 7) is 2.46. The second-order valence-electron chi connectivity index (χ2n) is 33.1. The molecule has 17 atom stereocenters. The highest BCUT2D eigenvalue weighted by Gasteiger charge is 2.78. The Labute approximate surface area is 566 Å². The van der Waals surface area contributed by atoms with Crippen molar-refractivity contribution in [2.24, 2.45) is 45.1 Å². The van der Waals surface area contributed by atoms with Crippen LogP contribution in [0.1, 0.15) is 216 Å². The van der Waals surface area contributed by atoms with Crippen LogP contribution in [-0.4, -0.2) is 123 Å². The number of nitrogens with two attached hydrogens (primary N) is 1. The molecule has 12 N–H and O–H groups in total. The molecule has 0 radical (unpaired) electrons. The summed E-state index contributed by atoms with van der Waals surface area (Å²) in [4.78, 5) is 64.1. The molecule has 5 saturated carbocycles. The first kappa shape index (κ1) is 59.3. The molecule has 8 heterocycles. The van der Waals surface area contributed by atoms with E-state index in [1.807, 2.05) is 6.33 Å². The second kappa shape index (κ2) is 19.5. The van der Waals surface area contributed by atoms with Gasteiger partial charge in [0.25, 0.3) is 5.79 Å². The zero-order chi connectivity index (χ0) is 66.3. The maximum atomic E-state index is 15.7. The predicted molar refractivity (Wildman–Crippen MR) is 361 cm³/mol. The summed E-state index contributed by atoms with van der Waals surface area (Å²) in [5.41, 5.74) is 11.0. The van der Waals surface area contributed by atoms with Gasteiger partial charge in [0.1, 0.15) is 35.3 Å². The van der Waals surface area contributed by atoms with Gasteiger partial charge in [-0.05, 0) is 183 Å². The third kappa shape index (κ3) is 6.97. The first-order chi connectivity index (χ1) is 47.3. The van der Waals surface area contributed by atoms with Crippen molar-refractivity contribution < 1.29 is 54.5 Å². The molecule has 98 heavy (non-hydrogen) atoms. The summed E-state index contributed by atoms with van der Waals surface area (Å²) in [6.07, 6.45) is 15.3. The number of Topliss-reactive ketones (excluding diaryl/α,β-unsaturated/α-hetero) is 1. The minimum absolute atomic E-state index is 0.00117. The summed E-state index contributed by atoms with van der Waals surface area (Å²) in [5, 5.41) is 88.9. The minimum Gasteiger partial charge on any atom is -0.507 e. The van der Waals surface area contributed by atoms with Crippen molar-refractivity contribution in [3.05, 3.63) is 157 Å². The van der Waals surface area contributed by atoms with Crippen molar-refractivity contribution in [3.63, 3.8) is 0 Å². The molecule has 8 spiro atoms. The number of phenolic OH excluding ortho intramolecular Hbond substituents is 1. The van der Waals surface area contributed by atoms with E-state index in [4.69, 9.17) is 25.2 Å². The average molecular weight is 1320 g/mol. The number of aromatic amines is 2. The molecule has 17 unspecified atom stereocenters. The zero-order valence-corrected chi connectivity index (χ0v) is 55.0. The number of ketones is 3. The topological polar surface area (TPSA) is 298 Å². The van der Waals surface area contributed by atoms with Crippen molar-refractivity contribution in [1.82, 2.24) is 25.3 Å². The van der Waals surface area contributed by atoms with Crippen LogP contribution in [0.5, 0.6) is 11.5 Å². The Morgan fingerprint density at radius 3 is 2.59 bits per heavy atom. The highest BCUT2D eigenvalue weighted by atomic mass is 16.7. The molecule has 18 heteroatoms. The van der Waals surface area contributed by atoms with Gasteiger partial charge in [0.05, 0.1) is 58.3 Å². The van der Waals surface area contributed by atoms with Gasteiger partial charge in [-0.25, -0.2) is 9.97 Å². The molecule has 12 bridgehead atoms. The van der Waals surface area contributed by atoms with Gasteiger partial charge in [-0.3, -0.25) is 19.7 Å². The summed E-state index contributed by atoms with van der Waals surface area (Å²) in [5.74, 6) is 3.15. The number of carbonyl (C=O) groups excluding carboxylic acids is 3. The first-order valence-electron chi connectivity index (χ1n) is 36.3. The van der Waals surface area contributed by atoms with Crippen LogP contribution in [-0.2, 0) is 33.2 Å². The number of fused-ring (bicyclic) bond motifs is 9. The van der Waals surface area contributed by atoms with E-state index < -0.39 is 92.2 Å². The molecule has 12 aliphatic carbocycles. The molecule has 0 amide bonds. The smallest absolute Gasteiger partial charge is 0.261 e. The van der Waals surface area contributed by atoms with Crippen LogP contribution in [0.3, 0.4) is 0 Å². The number of pyridine rings is 1. The van der Waals surface area contributed by atoms with Crippen LogP contribution in [0.2, 0.25) is 0 Å². The molecule has 5 aliphatic heterocycles. The Kier molecular flexibility index (Phi) is 11.8. The van der Waals surface area contributed by atoms with E-state index in [-0.39, 0.29) is 75.5 Å². The van der Waals surface area contributed by atoms with Crippen molar-refractivity contribution in [2.75, 3.05) is 18.4 Å². The second-order valence-corrected chi connectivity index (χ2v) is 33.1. The fourth-order valence-corrected chi connectivity index (χ4v) is 25.2. The van der Waals surface area contributed by atoms with E-state index in [1.54, 1.807) is 37.4 Å². The number of imidazole rings is 1. The number of rotatable bonds is 2. The third-order valence-electron chi connectivity index (χ3n) is 29.0. The molecule has 17 aliphatic rings. The lowest BCUT2D eigenvalue weighted by Gasteiger charge is -2.64. The van der Waals surface area contributed by atoms with Gasteiger partial charge in [0, 0.05) is 105 Å². The average Bonchev–Trinajstić information content (AvgIpc) is 1.39. The van der Waals surface area contributed by atoms with E-state index in [0.717, 1.165) is 110 Å². The van der Waals surface area contributed by atoms with Crippen LogP contribution in [0.25, 0.3) is 22.4 Å². The monoisotopic (exact) mass is 1320 g/mol. The Bertz CT molecular complexity index is 4850. The minimum atomic E-state index is -2.55. The van der Waals surface area contributed by atoms with E-state index in [1.165, 1.54) is 17.2 Å². The van der Waals surface area contributed by atoms with Gasteiger partial charge in [0.15, 0.2) is 17.5 Å². The predicted octanol–water partition coefficient (Wildman–Crippen LogP) is 9.03. The van der Waals surface area contributed by atoms with Crippen LogP contribution in [0.15, 0.2) is 78.3 Å². The van der Waals surface area contributed by atoms with E-state index in [0.29, 0.717) is 97.4 Å². The van der Waals surface area contributed by atoms with Gasteiger partial charge in [-0.1, -0.05) is 61.1 Å². The summed E-state index contributed by atoms with van der Waals surface area (Å²) in [7, 11) is 0. The van der Waals surface area contributed by atoms with Crippen LogP contribution >= 0.6 is 0 Å². The molecule has 3 aromatic carbocycles. The van der Waals surface area contributed by atoms with Gasteiger partial charge < -0.3 is 61.1 Å². The van der Waals surface area contributed by atoms with Gasteiger partial charge in [-0.15, -0.1) is 5.92 Å². The number of nitrogens with zero attached hydrogens (tertiary/aromatic N) is 2. The van der Waals surface area contributed by atoms with Gasteiger partial charge >= 0.3 is 0 Å². The van der Waals surface area contributed by atoms with Crippen LogP contribution < -0.4 is 21.1 Å². The fourth-order valence-electron chi connectivity index (χ4n) is 25.2. The van der Waals surface area contributed by atoms with Crippen LogP contribution in [0.4, 0.5) is 5.82 Å². The summed E-state index contributed by atoms with van der Waals surface area (Å²) >= 11 is 0. The number of hydrogen-bond acceptors (Lipinski definition) is 16. The number of nitrogens with one attached hydrogen (secondary N) is 4. The molecule has 6 aromatic rings. The number of benzene rings is 3. The summed E-state index contributed by atoms with van der Waals surface area (Å²) < 4.78 is 15.3. The van der Waals surface area contributed by atoms with E-state index in [2.05, 4.69) is 62.8 Å². The molecule has 3 aromatic heterocycles. The maximum Gasteiger partial charge on any atom is 0.261 e. The molecule has 1 saturated heterocycles. The number of carbonyl (C=O) groups is 3. The highest BCUT2D eigenvalue weighted by Crippen LogP contribution is 2.77. The Balaban J connectivity index is 0.847. The zero-order valence-electron chi connectivity index (χ0n) is 55.0. The Hall–Kier alpha value is -7.57. The quantitative estimate of drug-likeness (QED) is 0.0720. The number of aliphatic hydroxyl groups is 5. The van der Waals surface area contributed by atoms with Crippen molar-refractivity contribution in [3.8, 4) is 23.3 Å². The van der Waals surface area contributed by atoms with Crippen molar-refractivity contribution >= 4 is 45.6 Å². The number of hydrogen-bond donors (Lipinski definition) is 11. The molecule has 502 valence electrons. The number of aryl methyl sites for hydroxylation is 1. The number of allylic oxidation sites excluding steroid dienone is 1. The number of aromatic hydroxyl groups is 1. The number of phenols is 1. The van der Waals surface area contributed by atoms with Gasteiger partial charge in [-0.2, -0.15) is 0 Å². The highest BCUT2D eigenvalue weighted by molar-refractivity contribution is 6.34. The largest absolute Gasteiger partial charge is 0.507 e. The molecular formula is C80H81N7O11. The maximum absolute atomic E-state index is 15.7. The Morgan fingerprint density at radius 1 is 0.857 bits per heavy atom. The third-order valence-corrected chi connectivity index (χ3v) is 29.0. The lowest BCUT2D eigenvalue weighted by molar-refractivity contribution is -0.366. The van der Waals surface area contributed by atoms with E-state index in [9.17, 15) is 35.4 Å². The van der Waals surface area contributed by atoms with Gasteiger partial charge in [0.2, 0.25) is 5.78 Å². The Morgan fingerprint density at radius 2 is 1.72 bits per heavy atom. The number of aromatic nitrogens is 4. The lowest BCUT2D eigenvalue weighted by atomic mass is 9.39. The molecular weight excluding hydrogens is 1230 g/mol. The number of H-pyrrole nitrogens is 2.